The van der Waals surface area contributed by atoms with Crippen LogP contribution >= 0.6 is 0 Å². The molecule has 0 heterocycles. The van der Waals surface area contributed by atoms with Crippen molar-refractivity contribution < 1.29 is 41.1 Å². The van der Waals surface area contributed by atoms with Crippen molar-refractivity contribution in [2.75, 3.05) is 6.61 Å². The fraction of sp³-hybridized carbons (Fsp3) is 0.944. The normalized spacial score (nSPS) is 36.4. The predicted molar refractivity (Wildman–Crippen MR) is 94.1 cm³/mol. The number of alkyl halides is 2. The predicted octanol–water partition coefficient (Wildman–Crippen LogP) is 2.53. The summed E-state index contributed by atoms with van der Waals surface area (Å²) in [5.74, 6) is -0.359. The molecule has 0 radical (unpaired) electrons. The van der Waals surface area contributed by atoms with Crippen molar-refractivity contribution in [1.82, 2.24) is 0 Å². The Morgan fingerprint density at radius 2 is 1.75 bits per heavy atom. The Kier molecular flexibility index (Phi) is 5.14. The maximum Gasteiger partial charge on any atom is 0.405 e. The van der Waals surface area contributed by atoms with Gasteiger partial charge in [-0.3, -0.25) is 4.55 Å². The molecule has 3 atom stereocenters. The second-order valence-electron chi connectivity index (χ2n) is 9.44. The summed E-state index contributed by atoms with van der Waals surface area (Å²) in [6.07, 6.45) is 2.58. The van der Waals surface area contributed by atoms with Gasteiger partial charge >= 0.3 is 21.3 Å². The van der Waals surface area contributed by atoms with Crippen molar-refractivity contribution in [3.63, 3.8) is 0 Å². The molecule has 162 valence electrons. The third kappa shape index (κ3) is 3.68. The zero-order valence-electron chi connectivity index (χ0n) is 16.3. The molecule has 0 aliphatic heterocycles. The molecule has 28 heavy (non-hydrogen) atoms. The van der Waals surface area contributed by atoms with Gasteiger partial charge in [-0.2, -0.15) is 17.2 Å². The number of ether oxygens (including phenoxy) is 2. The van der Waals surface area contributed by atoms with Gasteiger partial charge in [0, 0.05) is 5.41 Å². The average Bonchev–Trinajstić information content (AvgIpc) is 2.49. The molecule has 7 nitrogen and oxygen atoms in total. The van der Waals surface area contributed by atoms with Crippen LogP contribution in [-0.2, 0) is 24.4 Å². The number of hydrogen-bond donors (Lipinski definition) is 2. The third-order valence-corrected chi connectivity index (χ3v) is 7.95. The molecule has 4 fully saturated rings. The molecule has 4 saturated carbocycles. The number of carbonyl (C=O) groups is 1. The van der Waals surface area contributed by atoms with E-state index in [9.17, 15) is 27.1 Å². The van der Waals surface area contributed by atoms with Crippen LogP contribution < -0.4 is 0 Å². The highest BCUT2D eigenvalue weighted by Crippen LogP contribution is 2.65. The summed E-state index contributed by atoms with van der Waals surface area (Å²) in [7, 11) is -5.70. The molecular weight excluding hydrogens is 398 g/mol. The van der Waals surface area contributed by atoms with E-state index in [1.165, 1.54) is 0 Å². The van der Waals surface area contributed by atoms with Gasteiger partial charge in [0.25, 0.3) is 0 Å². The summed E-state index contributed by atoms with van der Waals surface area (Å²) in [6.45, 7) is 3.69. The summed E-state index contributed by atoms with van der Waals surface area (Å²) < 4.78 is 67.5. The maximum atomic E-state index is 13.5. The van der Waals surface area contributed by atoms with Gasteiger partial charge in [-0.1, -0.05) is 0 Å². The van der Waals surface area contributed by atoms with E-state index in [1.807, 2.05) is 0 Å². The van der Waals surface area contributed by atoms with Gasteiger partial charge in [0.1, 0.15) is 6.61 Å². The molecule has 4 aliphatic rings. The summed E-state index contributed by atoms with van der Waals surface area (Å²) in [6, 6.07) is 0. The molecule has 10 heteroatoms. The first-order chi connectivity index (χ1) is 12.6. The molecule has 0 aromatic carbocycles. The van der Waals surface area contributed by atoms with E-state index in [0.717, 1.165) is 32.1 Å². The first-order valence-electron chi connectivity index (χ1n) is 9.50. The zero-order chi connectivity index (χ0) is 21.2. The van der Waals surface area contributed by atoms with Crippen LogP contribution in [0.1, 0.15) is 59.3 Å². The van der Waals surface area contributed by atoms with Gasteiger partial charge in [0.05, 0.1) is 11.2 Å². The van der Waals surface area contributed by atoms with Gasteiger partial charge in [-0.15, -0.1) is 0 Å². The number of aliphatic hydroxyl groups is 1. The Bertz CT molecular complexity index is 730. The van der Waals surface area contributed by atoms with Gasteiger partial charge < -0.3 is 14.6 Å². The van der Waals surface area contributed by atoms with Crippen LogP contribution in [0.3, 0.4) is 0 Å². The Labute approximate surface area is 163 Å². The maximum absolute atomic E-state index is 13.5. The molecule has 4 bridgehead atoms. The Hall–Kier alpha value is -0.840. The molecule has 2 N–H and O–H groups in total. The number of carbonyl (C=O) groups excluding carboxylic acids is 1. The van der Waals surface area contributed by atoms with Crippen molar-refractivity contribution >= 4 is 16.1 Å². The monoisotopic (exact) mass is 426 g/mol. The molecule has 4 aliphatic carbocycles. The number of esters is 1. The molecular formula is C18H28F2O7S. The van der Waals surface area contributed by atoms with Crippen molar-refractivity contribution in [1.29, 1.82) is 0 Å². The highest BCUT2D eigenvalue weighted by Gasteiger charge is 2.62. The highest BCUT2D eigenvalue weighted by molar-refractivity contribution is 7.86. The van der Waals surface area contributed by atoms with Gasteiger partial charge in [0.15, 0.2) is 6.10 Å². The standard InChI is InChI=1S/C18H28F2O7S/c1-11(18(19,20)28(23,24)25)27-14(21)9-26-17-7-12-4-13(8-17)6-16(5-12,10-17)15(2,3)22/h11-13,22H,4-10H2,1-3H3,(H,23,24,25). The Balaban J connectivity index is 1.65. The van der Waals surface area contributed by atoms with Crippen molar-refractivity contribution in [3.8, 4) is 0 Å². The number of hydrogen-bond acceptors (Lipinski definition) is 6. The van der Waals surface area contributed by atoms with Gasteiger partial charge in [0.2, 0.25) is 0 Å². The third-order valence-electron chi connectivity index (χ3n) is 6.93. The second kappa shape index (κ2) is 6.58. The fourth-order valence-electron chi connectivity index (χ4n) is 5.78. The van der Waals surface area contributed by atoms with Crippen molar-refractivity contribution in [3.05, 3.63) is 0 Å². The molecule has 0 aromatic rings. The summed E-state index contributed by atoms with van der Waals surface area (Å²) in [5, 5.41) is 6.15. The second-order valence-corrected chi connectivity index (χ2v) is 10.9. The molecule has 3 unspecified atom stereocenters. The summed E-state index contributed by atoms with van der Waals surface area (Å²) in [5.41, 5.74) is -1.81. The quantitative estimate of drug-likeness (QED) is 0.475. The first kappa shape index (κ1) is 21.9. The van der Waals surface area contributed by atoms with Crippen LogP contribution in [0.15, 0.2) is 0 Å². The lowest BCUT2D eigenvalue weighted by molar-refractivity contribution is -0.239. The Morgan fingerprint density at radius 3 is 2.21 bits per heavy atom. The number of halogens is 2. The highest BCUT2D eigenvalue weighted by atomic mass is 32.2. The van der Waals surface area contributed by atoms with Crippen molar-refractivity contribution in [2.24, 2.45) is 17.3 Å². The first-order valence-corrected chi connectivity index (χ1v) is 10.9. The smallest absolute Gasteiger partial charge is 0.405 e. The molecule has 0 amide bonds. The van der Waals surface area contributed by atoms with E-state index in [-0.39, 0.29) is 5.41 Å². The minimum Gasteiger partial charge on any atom is -0.453 e. The summed E-state index contributed by atoms with van der Waals surface area (Å²) >= 11 is 0. The van der Waals surface area contributed by atoms with Gasteiger partial charge in [-0.25, -0.2) is 4.79 Å². The molecule has 0 aromatic heterocycles. The van der Waals surface area contributed by atoms with Gasteiger partial charge in [-0.05, 0) is 71.1 Å². The van der Waals surface area contributed by atoms with E-state index in [1.54, 1.807) is 13.8 Å². The average molecular weight is 426 g/mol. The van der Waals surface area contributed by atoms with E-state index >= 15 is 0 Å². The van der Waals surface area contributed by atoms with Crippen LogP contribution in [0.2, 0.25) is 0 Å². The SMILES string of the molecule is CC(OC(=O)COC12CC3CC(C1)CC(C(C)(C)O)(C3)C2)C(F)(F)S(=O)(=O)O. The van der Waals surface area contributed by atoms with Crippen LogP contribution in [0.5, 0.6) is 0 Å². The van der Waals surface area contributed by atoms with E-state index in [4.69, 9.17) is 9.29 Å². The topological polar surface area (TPSA) is 110 Å². The lowest BCUT2D eigenvalue weighted by Gasteiger charge is -2.64. The van der Waals surface area contributed by atoms with E-state index in [2.05, 4.69) is 4.74 Å². The molecule has 0 saturated heterocycles. The van der Waals surface area contributed by atoms with E-state index < -0.39 is 45.3 Å². The summed E-state index contributed by atoms with van der Waals surface area (Å²) in [4.78, 5) is 12.0. The minimum atomic E-state index is -5.70. The molecule has 0 spiro atoms. The molecule has 4 rings (SSSR count). The van der Waals surface area contributed by atoms with Crippen molar-refractivity contribution in [2.45, 2.75) is 81.9 Å². The number of rotatable bonds is 7. The van der Waals surface area contributed by atoms with Crippen LogP contribution in [0.25, 0.3) is 0 Å². The van der Waals surface area contributed by atoms with Crippen LogP contribution in [0.4, 0.5) is 8.78 Å². The fourth-order valence-corrected chi connectivity index (χ4v) is 6.25. The Morgan fingerprint density at radius 1 is 1.21 bits per heavy atom. The zero-order valence-corrected chi connectivity index (χ0v) is 17.1. The largest absolute Gasteiger partial charge is 0.453 e. The minimum absolute atomic E-state index is 0.299. The lowest BCUT2D eigenvalue weighted by Crippen LogP contribution is -2.63. The van der Waals surface area contributed by atoms with Crippen LogP contribution in [0, 0.1) is 17.3 Å². The van der Waals surface area contributed by atoms with Crippen LogP contribution in [-0.4, -0.2) is 53.2 Å². The lowest BCUT2D eigenvalue weighted by atomic mass is 9.44. The van der Waals surface area contributed by atoms with E-state index in [0.29, 0.717) is 25.2 Å².